The van der Waals surface area contributed by atoms with Crippen LogP contribution in [-0.2, 0) is 16.0 Å². The molecule has 0 aliphatic rings. The van der Waals surface area contributed by atoms with Crippen LogP contribution >= 0.6 is 7.82 Å². The zero-order valence-electron chi connectivity index (χ0n) is 16.2. The van der Waals surface area contributed by atoms with Gasteiger partial charge in [-0.2, -0.15) is 0 Å². The number of Topliss-reactive ketones (excluding diaryl/α,β-unsaturated/α-hetero) is 1. The molecule has 11 nitrogen and oxygen atoms in total. The summed E-state index contributed by atoms with van der Waals surface area (Å²) in [5.41, 5.74) is 1.59. The minimum absolute atomic E-state index is 0.0457. The van der Waals surface area contributed by atoms with Crippen molar-refractivity contribution >= 4 is 31.0 Å². The lowest BCUT2D eigenvalue weighted by molar-refractivity contribution is -0.109. The number of carbonyl (C=O) groups is 2. The molecular weight excluding hydrogens is 427 g/mol. The average molecular weight is 446 g/mol. The number of phosphoric ester groups is 1. The second-order valence-corrected chi connectivity index (χ2v) is 7.48. The Hall–Kier alpha value is -3.40. The Morgan fingerprint density at radius 3 is 2.52 bits per heavy atom. The van der Waals surface area contributed by atoms with Crippen LogP contribution in [-0.4, -0.2) is 43.5 Å². The Morgan fingerprint density at radius 1 is 1.13 bits per heavy atom. The molecule has 0 radical (unpaired) electrons. The van der Waals surface area contributed by atoms with E-state index in [4.69, 9.17) is 14.5 Å². The van der Waals surface area contributed by atoms with Crippen molar-refractivity contribution in [2.75, 3.05) is 6.54 Å². The SMILES string of the molecule is O=CNCCCC(=O)c1nc2ccccc2nc1OCc1ccc(OP(=O)(O)O)cn1. The van der Waals surface area contributed by atoms with Crippen LogP contribution in [0.4, 0.5) is 0 Å². The number of ketones is 1. The number of hydrogen-bond acceptors (Lipinski definition) is 8. The molecule has 31 heavy (non-hydrogen) atoms. The highest BCUT2D eigenvalue weighted by Crippen LogP contribution is 2.37. The molecule has 0 aliphatic carbocycles. The summed E-state index contributed by atoms with van der Waals surface area (Å²) in [6, 6.07) is 9.84. The van der Waals surface area contributed by atoms with Gasteiger partial charge in [-0.3, -0.25) is 24.4 Å². The molecule has 0 saturated carbocycles. The van der Waals surface area contributed by atoms with Gasteiger partial charge in [0.15, 0.2) is 11.5 Å². The molecule has 3 N–H and O–H groups in total. The molecule has 12 heteroatoms. The van der Waals surface area contributed by atoms with E-state index >= 15 is 0 Å². The van der Waals surface area contributed by atoms with Gasteiger partial charge in [-0.25, -0.2) is 14.5 Å². The van der Waals surface area contributed by atoms with Crippen LogP contribution in [0.1, 0.15) is 29.0 Å². The summed E-state index contributed by atoms with van der Waals surface area (Å²) in [5, 5.41) is 2.50. The van der Waals surface area contributed by atoms with Gasteiger partial charge in [0, 0.05) is 13.0 Å². The Labute approximate surface area is 176 Å². The van der Waals surface area contributed by atoms with E-state index in [1.807, 2.05) is 0 Å². The second-order valence-electron chi connectivity index (χ2n) is 6.32. The standard InChI is InChI=1S/C19H19N4O7P/c24-12-20-9-3-6-17(25)18-19(23-16-5-2-1-4-15(16)22-18)29-11-13-7-8-14(10-21-13)30-31(26,27)28/h1-2,4-5,7-8,10,12H,3,6,9,11H2,(H,20,24)(H2,26,27,28). The van der Waals surface area contributed by atoms with Gasteiger partial charge in [-0.1, -0.05) is 12.1 Å². The maximum absolute atomic E-state index is 12.7. The number of nitrogens with one attached hydrogen (secondary N) is 1. The van der Waals surface area contributed by atoms with Crippen LogP contribution < -0.4 is 14.6 Å². The van der Waals surface area contributed by atoms with E-state index < -0.39 is 7.82 Å². The number of rotatable bonds is 11. The second kappa shape index (κ2) is 10.1. The highest BCUT2D eigenvalue weighted by atomic mass is 31.2. The Morgan fingerprint density at radius 2 is 1.87 bits per heavy atom. The number of amides is 1. The highest BCUT2D eigenvalue weighted by molar-refractivity contribution is 7.46. The largest absolute Gasteiger partial charge is 0.524 e. The molecule has 0 atom stereocenters. The van der Waals surface area contributed by atoms with Crippen LogP contribution in [0.3, 0.4) is 0 Å². The summed E-state index contributed by atoms with van der Waals surface area (Å²) in [6.45, 7) is 0.301. The van der Waals surface area contributed by atoms with Crippen molar-refractivity contribution in [3.63, 3.8) is 0 Å². The predicted octanol–water partition coefficient (Wildman–Crippen LogP) is 1.78. The molecule has 1 amide bonds. The van der Waals surface area contributed by atoms with Crippen molar-refractivity contribution in [2.45, 2.75) is 19.4 Å². The lowest BCUT2D eigenvalue weighted by atomic mass is 10.1. The fourth-order valence-electron chi connectivity index (χ4n) is 2.62. The summed E-state index contributed by atoms with van der Waals surface area (Å²) in [4.78, 5) is 53.4. The Balaban J connectivity index is 1.77. The molecule has 0 aliphatic heterocycles. The Kier molecular flexibility index (Phi) is 7.24. The quantitative estimate of drug-likeness (QED) is 0.171. The van der Waals surface area contributed by atoms with Crippen molar-refractivity contribution in [3.05, 3.63) is 54.0 Å². The predicted molar refractivity (Wildman–Crippen MR) is 108 cm³/mol. The molecule has 162 valence electrons. The summed E-state index contributed by atoms with van der Waals surface area (Å²) in [7, 11) is -4.67. The summed E-state index contributed by atoms with van der Waals surface area (Å²) in [5.74, 6) is -0.328. The molecule has 2 heterocycles. The first kappa shape index (κ1) is 22.3. The number of aromatic nitrogens is 3. The van der Waals surface area contributed by atoms with Crippen LogP contribution in [0.25, 0.3) is 11.0 Å². The van der Waals surface area contributed by atoms with Gasteiger partial charge in [0.25, 0.3) is 0 Å². The molecule has 3 rings (SSSR count). The third kappa shape index (κ3) is 6.54. The monoisotopic (exact) mass is 446 g/mol. The van der Waals surface area contributed by atoms with Crippen molar-refractivity contribution < 1.29 is 33.2 Å². The molecule has 0 bridgehead atoms. The van der Waals surface area contributed by atoms with E-state index in [-0.39, 0.29) is 36.1 Å². The molecule has 0 saturated heterocycles. The van der Waals surface area contributed by atoms with Crippen LogP contribution in [0, 0.1) is 0 Å². The molecule has 2 aromatic heterocycles. The molecular formula is C19H19N4O7P. The molecule has 0 fully saturated rings. The first-order valence-electron chi connectivity index (χ1n) is 9.15. The van der Waals surface area contributed by atoms with Crippen molar-refractivity contribution in [2.24, 2.45) is 0 Å². The van der Waals surface area contributed by atoms with Gasteiger partial charge in [0.2, 0.25) is 12.3 Å². The van der Waals surface area contributed by atoms with E-state index in [9.17, 15) is 14.2 Å². The number of pyridine rings is 1. The fraction of sp³-hybridized carbons (Fsp3) is 0.211. The van der Waals surface area contributed by atoms with Gasteiger partial charge in [-0.05, 0) is 30.7 Å². The summed E-state index contributed by atoms with van der Waals surface area (Å²) < 4.78 is 21.0. The molecule has 3 aromatic rings. The number of benzene rings is 1. The zero-order chi connectivity index (χ0) is 22.3. The van der Waals surface area contributed by atoms with E-state index in [1.54, 1.807) is 24.3 Å². The van der Waals surface area contributed by atoms with Gasteiger partial charge in [0.05, 0.1) is 22.9 Å². The third-order valence-corrected chi connectivity index (χ3v) is 4.44. The van der Waals surface area contributed by atoms with Crippen LogP contribution in [0.2, 0.25) is 0 Å². The van der Waals surface area contributed by atoms with Crippen LogP contribution in [0.15, 0.2) is 42.6 Å². The lowest BCUT2D eigenvalue weighted by Gasteiger charge is -2.11. The van der Waals surface area contributed by atoms with E-state index in [2.05, 4.69) is 24.8 Å². The highest BCUT2D eigenvalue weighted by Gasteiger charge is 2.19. The molecule has 0 unspecified atom stereocenters. The first-order chi connectivity index (χ1) is 14.9. The minimum atomic E-state index is -4.67. The zero-order valence-corrected chi connectivity index (χ0v) is 17.1. The van der Waals surface area contributed by atoms with Crippen molar-refractivity contribution in [3.8, 4) is 11.6 Å². The third-order valence-electron chi connectivity index (χ3n) is 3.99. The molecule has 0 spiro atoms. The maximum atomic E-state index is 12.7. The topological polar surface area (TPSA) is 161 Å². The summed E-state index contributed by atoms with van der Waals surface area (Å²) >= 11 is 0. The Bertz CT molecular complexity index is 1120. The number of nitrogens with zero attached hydrogens (tertiary/aromatic N) is 3. The maximum Gasteiger partial charge on any atom is 0.524 e. The lowest BCUT2D eigenvalue weighted by Crippen LogP contribution is -2.15. The van der Waals surface area contributed by atoms with Gasteiger partial charge < -0.3 is 14.6 Å². The smallest absolute Gasteiger partial charge is 0.470 e. The van der Waals surface area contributed by atoms with Gasteiger partial charge >= 0.3 is 7.82 Å². The molecule has 1 aromatic carbocycles. The van der Waals surface area contributed by atoms with E-state index in [0.29, 0.717) is 36.1 Å². The minimum Gasteiger partial charge on any atom is -0.470 e. The fourth-order valence-corrected chi connectivity index (χ4v) is 3.01. The van der Waals surface area contributed by atoms with Crippen LogP contribution in [0.5, 0.6) is 11.6 Å². The first-order valence-corrected chi connectivity index (χ1v) is 10.7. The van der Waals surface area contributed by atoms with Crippen molar-refractivity contribution in [1.82, 2.24) is 20.3 Å². The normalized spacial score (nSPS) is 11.2. The number of hydrogen-bond donors (Lipinski definition) is 3. The van der Waals surface area contributed by atoms with E-state index in [1.165, 1.54) is 12.1 Å². The van der Waals surface area contributed by atoms with Gasteiger partial charge in [0.1, 0.15) is 12.4 Å². The average Bonchev–Trinajstić information content (AvgIpc) is 2.74. The number of carbonyl (C=O) groups excluding carboxylic acids is 2. The van der Waals surface area contributed by atoms with Crippen molar-refractivity contribution in [1.29, 1.82) is 0 Å². The number of ether oxygens (including phenoxy) is 1. The number of fused-ring (bicyclic) bond motifs is 1. The van der Waals surface area contributed by atoms with Gasteiger partial charge in [-0.15, -0.1) is 0 Å². The number of phosphoric acid groups is 1. The summed E-state index contributed by atoms with van der Waals surface area (Å²) in [6.07, 6.45) is 2.30. The number of para-hydroxylation sites is 2. The van der Waals surface area contributed by atoms with E-state index in [0.717, 1.165) is 6.20 Å².